The van der Waals surface area contributed by atoms with E-state index < -0.39 is 5.41 Å². The minimum absolute atomic E-state index is 0.0484. The second-order valence-electron chi connectivity index (χ2n) is 5.77. The summed E-state index contributed by atoms with van der Waals surface area (Å²) in [4.78, 5) is 11.8. The maximum atomic E-state index is 11.8. The number of carbonyl (C=O) groups is 1. The lowest BCUT2D eigenvalue weighted by Crippen LogP contribution is -2.26. The van der Waals surface area contributed by atoms with Crippen LogP contribution in [0.25, 0.3) is 5.57 Å². The van der Waals surface area contributed by atoms with Gasteiger partial charge in [-0.25, -0.2) is 0 Å². The van der Waals surface area contributed by atoms with Crippen molar-refractivity contribution in [1.82, 2.24) is 0 Å². The maximum absolute atomic E-state index is 11.8. The van der Waals surface area contributed by atoms with E-state index in [9.17, 15) is 4.79 Å². The third-order valence-corrected chi connectivity index (χ3v) is 3.52. The van der Waals surface area contributed by atoms with Gasteiger partial charge in [0.05, 0.1) is 5.02 Å². The van der Waals surface area contributed by atoms with Crippen LogP contribution in [0.5, 0.6) is 5.75 Å². The number of ether oxygens (including phenoxy) is 1. The highest BCUT2D eigenvalue weighted by Crippen LogP contribution is 2.29. The van der Waals surface area contributed by atoms with Crippen molar-refractivity contribution < 1.29 is 9.53 Å². The Kier molecular flexibility index (Phi) is 5.82. The van der Waals surface area contributed by atoms with E-state index in [1.807, 2.05) is 45.9 Å². The Morgan fingerprint density at radius 3 is 2.45 bits per heavy atom. The van der Waals surface area contributed by atoms with Gasteiger partial charge in [-0.1, -0.05) is 51.4 Å². The van der Waals surface area contributed by atoms with E-state index in [0.717, 1.165) is 12.0 Å². The van der Waals surface area contributed by atoms with Crippen molar-refractivity contribution in [1.29, 1.82) is 0 Å². The van der Waals surface area contributed by atoms with Crippen LogP contribution in [-0.2, 0) is 4.79 Å². The molecular formula is C17H23ClO2. The number of benzene rings is 1. The predicted molar refractivity (Wildman–Crippen MR) is 85.4 cm³/mol. The van der Waals surface area contributed by atoms with Crippen LogP contribution >= 0.6 is 11.6 Å². The molecule has 3 heteroatoms. The van der Waals surface area contributed by atoms with Gasteiger partial charge in [-0.05, 0) is 36.6 Å². The van der Waals surface area contributed by atoms with Crippen molar-refractivity contribution in [3.8, 4) is 5.75 Å². The molecule has 2 nitrogen and oxygen atoms in total. The molecule has 0 spiro atoms. The third-order valence-electron chi connectivity index (χ3n) is 3.23. The molecule has 1 aromatic rings. The lowest BCUT2D eigenvalue weighted by molar-refractivity contribution is -0.128. The first-order chi connectivity index (χ1) is 9.29. The molecule has 0 unspecified atom stereocenters. The lowest BCUT2D eigenvalue weighted by Gasteiger charge is -2.17. The van der Waals surface area contributed by atoms with Crippen LogP contribution in [-0.4, -0.2) is 12.4 Å². The van der Waals surface area contributed by atoms with Crippen molar-refractivity contribution in [2.24, 2.45) is 5.41 Å². The van der Waals surface area contributed by atoms with Gasteiger partial charge >= 0.3 is 0 Å². The van der Waals surface area contributed by atoms with Crippen LogP contribution in [0.2, 0.25) is 5.02 Å². The first-order valence-electron chi connectivity index (χ1n) is 6.90. The fourth-order valence-corrected chi connectivity index (χ4v) is 1.99. The van der Waals surface area contributed by atoms with Crippen LogP contribution in [0.1, 0.15) is 46.6 Å². The highest BCUT2D eigenvalue weighted by Gasteiger charge is 2.21. The molecule has 1 aromatic carbocycles. The summed E-state index contributed by atoms with van der Waals surface area (Å²) < 4.78 is 5.53. The number of Topliss-reactive ketones (excluding diaryl/α,β-unsaturated/α-hetero) is 1. The quantitative estimate of drug-likeness (QED) is 0.751. The van der Waals surface area contributed by atoms with Gasteiger partial charge in [-0.15, -0.1) is 0 Å². The van der Waals surface area contributed by atoms with Gasteiger partial charge in [-0.3, -0.25) is 4.79 Å². The summed E-state index contributed by atoms with van der Waals surface area (Å²) in [7, 11) is 0. The van der Waals surface area contributed by atoms with Crippen molar-refractivity contribution in [3.63, 3.8) is 0 Å². The van der Waals surface area contributed by atoms with Crippen LogP contribution in [0.4, 0.5) is 0 Å². The minimum atomic E-state index is -0.396. The Bertz CT molecular complexity index is 510. The molecule has 0 aliphatic heterocycles. The number of carbonyl (C=O) groups excluding carboxylic acids is 1. The third kappa shape index (κ3) is 4.38. The molecule has 0 radical (unpaired) electrons. The summed E-state index contributed by atoms with van der Waals surface area (Å²) in [6.45, 7) is 9.80. The highest BCUT2D eigenvalue weighted by atomic mass is 35.5. The summed E-state index contributed by atoms with van der Waals surface area (Å²) in [6.07, 6.45) is 3.03. The number of allylic oxidation sites excluding steroid dienone is 2. The SMILES string of the molecule is C/C=C(/CC)c1ccc(OCC(=O)C(C)(C)C)c(Cl)c1. The lowest BCUT2D eigenvalue weighted by atomic mass is 9.91. The van der Waals surface area contributed by atoms with E-state index in [2.05, 4.69) is 13.0 Å². The van der Waals surface area contributed by atoms with Gasteiger partial charge in [0.1, 0.15) is 12.4 Å². The summed E-state index contributed by atoms with van der Waals surface area (Å²) in [6, 6.07) is 5.69. The smallest absolute Gasteiger partial charge is 0.175 e. The van der Waals surface area contributed by atoms with E-state index in [1.165, 1.54) is 5.57 Å². The molecule has 0 fully saturated rings. The molecule has 20 heavy (non-hydrogen) atoms. The van der Waals surface area contributed by atoms with Crippen molar-refractivity contribution in [3.05, 3.63) is 34.9 Å². The molecule has 0 aliphatic carbocycles. The van der Waals surface area contributed by atoms with Gasteiger partial charge in [-0.2, -0.15) is 0 Å². The number of halogens is 1. The Balaban J connectivity index is 2.82. The fourth-order valence-electron chi connectivity index (χ4n) is 1.75. The Labute approximate surface area is 126 Å². The molecule has 0 atom stereocenters. The van der Waals surface area contributed by atoms with Crippen LogP contribution in [0.15, 0.2) is 24.3 Å². The molecule has 0 saturated heterocycles. The molecule has 0 heterocycles. The van der Waals surface area contributed by atoms with Crippen molar-refractivity contribution >= 4 is 23.0 Å². The van der Waals surface area contributed by atoms with Gasteiger partial charge in [0, 0.05) is 5.41 Å². The zero-order valence-electron chi connectivity index (χ0n) is 12.9. The van der Waals surface area contributed by atoms with E-state index in [1.54, 1.807) is 0 Å². The molecular weight excluding hydrogens is 272 g/mol. The first kappa shape index (κ1) is 16.8. The van der Waals surface area contributed by atoms with Crippen LogP contribution in [0.3, 0.4) is 0 Å². The van der Waals surface area contributed by atoms with Gasteiger partial charge < -0.3 is 4.74 Å². The second-order valence-corrected chi connectivity index (χ2v) is 6.18. The monoisotopic (exact) mass is 294 g/mol. The van der Waals surface area contributed by atoms with Gasteiger partial charge in [0.25, 0.3) is 0 Å². The maximum Gasteiger partial charge on any atom is 0.175 e. The molecule has 0 amide bonds. The molecule has 0 bridgehead atoms. The van der Waals surface area contributed by atoms with Crippen molar-refractivity contribution in [2.75, 3.05) is 6.61 Å². The van der Waals surface area contributed by atoms with Gasteiger partial charge in [0.15, 0.2) is 5.78 Å². The van der Waals surface area contributed by atoms with E-state index in [0.29, 0.717) is 10.8 Å². The zero-order valence-corrected chi connectivity index (χ0v) is 13.7. The molecule has 0 saturated carbocycles. The van der Waals surface area contributed by atoms with E-state index in [-0.39, 0.29) is 12.4 Å². The van der Waals surface area contributed by atoms with Gasteiger partial charge in [0.2, 0.25) is 0 Å². The zero-order chi connectivity index (χ0) is 15.3. The molecule has 1 rings (SSSR count). The normalized spacial score (nSPS) is 12.4. The second kappa shape index (κ2) is 6.94. The Hall–Kier alpha value is -1.28. The largest absolute Gasteiger partial charge is 0.484 e. The minimum Gasteiger partial charge on any atom is -0.484 e. The summed E-state index contributed by atoms with van der Waals surface area (Å²) in [5.74, 6) is 0.611. The number of ketones is 1. The predicted octanol–water partition coefficient (Wildman–Crippen LogP) is 5.15. The molecule has 0 aliphatic rings. The Morgan fingerprint density at radius 2 is 2.00 bits per heavy atom. The average molecular weight is 295 g/mol. The van der Waals surface area contributed by atoms with E-state index >= 15 is 0 Å². The first-order valence-corrected chi connectivity index (χ1v) is 7.28. The standard InChI is InChI=1S/C17H23ClO2/c1-6-12(7-2)13-8-9-15(14(18)10-13)20-11-16(19)17(3,4)5/h6,8-10H,7,11H2,1-5H3/b12-6-. The van der Waals surface area contributed by atoms with E-state index in [4.69, 9.17) is 16.3 Å². The van der Waals surface area contributed by atoms with Crippen LogP contribution in [0, 0.1) is 5.41 Å². The average Bonchev–Trinajstić information content (AvgIpc) is 2.37. The number of hydrogen-bond donors (Lipinski definition) is 0. The van der Waals surface area contributed by atoms with Crippen LogP contribution < -0.4 is 4.74 Å². The summed E-state index contributed by atoms with van der Waals surface area (Å²) >= 11 is 6.22. The highest BCUT2D eigenvalue weighted by molar-refractivity contribution is 6.32. The number of rotatable bonds is 5. The molecule has 0 N–H and O–H groups in total. The Morgan fingerprint density at radius 1 is 1.35 bits per heavy atom. The fraction of sp³-hybridized carbons (Fsp3) is 0.471. The topological polar surface area (TPSA) is 26.3 Å². The summed E-state index contributed by atoms with van der Waals surface area (Å²) in [5.41, 5.74) is 1.94. The number of hydrogen-bond acceptors (Lipinski definition) is 2. The molecule has 0 aromatic heterocycles. The molecule has 110 valence electrons. The summed E-state index contributed by atoms with van der Waals surface area (Å²) in [5, 5.41) is 0.539. The van der Waals surface area contributed by atoms with Crippen molar-refractivity contribution in [2.45, 2.75) is 41.0 Å².